The van der Waals surface area contributed by atoms with Gasteiger partial charge >= 0.3 is 0 Å². The van der Waals surface area contributed by atoms with Gasteiger partial charge in [0.1, 0.15) is 5.82 Å². The van der Waals surface area contributed by atoms with E-state index in [9.17, 15) is 0 Å². The first-order valence-electron chi connectivity index (χ1n) is 6.56. The zero-order valence-electron chi connectivity index (χ0n) is 10.9. The Morgan fingerprint density at radius 1 is 1.59 bits per heavy atom. The van der Waals surface area contributed by atoms with Crippen molar-refractivity contribution in [2.75, 3.05) is 13.7 Å². The van der Waals surface area contributed by atoms with Crippen LogP contribution in [0.1, 0.15) is 31.5 Å². The predicted molar refractivity (Wildman–Crippen MR) is 68.0 cm³/mol. The van der Waals surface area contributed by atoms with E-state index in [4.69, 9.17) is 4.74 Å². The molecule has 17 heavy (non-hydrogen) atoms. The SMILES string of the molecule is CNC(CCc1nccn1C)C1CCCCO1. The number of nitrogens with zero attached hydrogens (tertiary/aromatic N) is 2. The van der Waals surface area contributed by atoms with E-state index in [-0.39, 0.29) is 0 Å². The molecule has 1 aromatic heterocycles. The molecule has 1 N–H and O–H groups in total. The minimum Gasteiger partial charge on any atom is -0.377 e. The van der Waals surface area contributed by atoms with Crippen LogP contribution in [0.4, 0.5) is 0 Å². The predicted octanol–water partition coefficient (Wildman–Crippen LogP) is 1.51. The van der Waals surface area contributed by atoms with Crippen LogP contribution in [-0.4, -0.2) is 35.4 Å². The van der Waals surface area contributed by atoms with Gasteiger partial charge in [0.2, 0.25) is 0 Å². The standard InChI is InChI=1S/C13H23N3O/c1-14-11(12-5-3-4-10-17-12)6-7-13-15-8-9-16(13)2/h8-9,11-12,14H,3-7,10H2,1-2H3. The average Bonchev–Trinajstić information content (AvgIpc) is 2.77. The van der Waals surface area contributed by atoms with Crippen LogP contribution in [0, 0.1) is 0 Å². The Hall–Kier alpha value is -0.870. The summed E-state index contributed by atoms with van der Waals surface area (Å²) in [5, 5.41) is 3.39. The molecule has 2 atom stereocenters. The van der Waals surface area contributed by atoms with Crippen LogP contribution in [0.2, 0.25) is 0 Å². The van der Waals surface area contributed by atoms with Crippen LogP contribution in [0.5, 0.6) is 0 Å². The maximum Gasteiger partial charge on any atom is 0.108 e. The molecule has 0 bridgehead atoms. The van der Waals surface area contributed by atoms with Gasteiger partial charge in [0.05, 0.1) is 6.10 Å². The summed E-state index contributed by atoms with van der Waals surface area (Å²) in [7, 11) is 4.08. The van der Waals surface area contributed by atoms with Crippen molar-refractivity contribution in [2.24, 2.45) is 7.05 Å². The van der Waals surface area contributed by atoms with E-state index in [0.717, 1.165) is 25.3 Å². The lowest BCUT2D eigenvalue weighted by Crippen LogP contribution is -2.41. The summed E-state index contributed by atoms with van der Waals surface area (Å²) in [6.45, 7) is 0.922. The number of likely N-dealkylation sites (N-methyl/N-ethyl adjacent to an activating group) is 1. The van der Waals surface area contributed by atoms with Crippen molar-refractivity contribution < 1.29 is 4.74 Å². The lowest BCUT2D eigenvalue weighted by atomic mass is 9.98. The number of aromatic nitrogens is 2. The highest BCUT2D eigenvalue weighted by atomic mass is 16.5. The van der Waals surface area contributed by atoms with Gasteiger partial charge in [0.15, 0.2) is 0 Å². The minimum atomic E-state index is 0.383. The van der Waals surface area contributed by atoms with Crippen molar-refractivity contribution >= 4 is 0 Å². The molecule has 1 fully saturated rings. The summed E-state index contributed by atoms with van der Waals surface area (Å²) < 4.78 is 7.93. The maximum absolute atomic E-state index is 5.84. The molecule has 2 unspecified atom stereocenters. The molecule has 2 rings (SSSR count). The van der Waals surface area contributed by atoms with Gasteiger partial charge in [-0.3, -0.25) is 0 Å². The summed E-state index contributed by atoms with van der Waals surface area (Å²) in [6.07, 6.45) is 10.0. The first-order chi connectivity index (χ1) is 8.31. The maximum atomic E-state index is 5.84. The molecule has 0 spiro atoms. The second-order valence-electron chi connectivity index (χ2n) is 4.79. The average molecular weight is 237 g/mol. The number of nitrogens with one attached hydrogen (secondary N) is 1. The van der Waals surface area contributed by atoms with Crippen LogP contribution < -0.4 is 5.32 Å². The molecule has 4 heteroatoms. The molecule has 0 saturated carbocycles. The highest BCUT2D eigenvalue weighted by Gasteiger charge is 2.23. The fourth-order valence-corrected chi connectivity index (χ4v) is 2.52. The second-order valence-corrected chi connectivity index (χ2v) is 4.79. The van der Waals surface area contributed by atoms with Gasteiger partial charge in [-0.05, 0) is 32.7 Å². The lowest BCUT2D eigenvalue weighted by molar-refractivity contribution is -0.00771. The van der Waals surface area contributed by atoms with Gasteiger partial charge in [-0.1, -0.05) is 0 Å². The fraction of sp³-hybridized carbons (Fsp3) is 0.769. The summed E-state index contributed by atoms with van der Waals surface area (Å²) in [6, 6.07) is 0.451. The van der Waals surface area contributed by atoms with E-state index < -0.39 is 0 Å². The topological polar surface area (TPSA) is 39.1 Å². The monoisotopic (exact) mass is 237 g/mol. The Kier molecular flexibility index (Phi) is 4.57. The molecule has 0 aliphatic carbocycles. The van der Waals surface area contributed by atoms with Gasteiger partial charge in [-0.2, -0.15) is 0 Å². The molecule has 0 aromatic carbocycles. The number of rotatable bonds is 5. The molecule has 1 aliphatic heterocycles. The first-order valence-corrected chi connectivity index (χ1v) is 6.56. The number of aryl methyl sites for hydroxylation is 2. The summed E-state index contributed by atoms with van der Waals surface area (Å²) >= 11 is 0. The van der Waals surface area contributed by atoms with E-state index in [2.05, 4.69) is 14.9 Å². The van der Waals surface area contributed by atoms with Crippen LogP contribution in [-0.2, 0) is 18.2 Å². The smallest absolute Gasteiger partial charge is 0.108 e. The molecule has 1 aliphatic rings. The van der Waals surface area contributed by atoms with Crippen molar-refractivity contribution in [1.82, 2.24) is 14.9 Å². The van der Waals surface area contributed by atoms with Crippen molar-refractivity contribution in [3.8, 4) is 0 Å². The van der Waals surface area contributed by atoms with E-state index in [1.165, 1.54) is 19.3 Å². The minimum absolute atomic E-state index is 0.383. The zero-order chi connectivity index (χ0) is 12.1. The van der Waals surface area contributed by atoms with E-state index >= 15 is 0 Å². The number of imidazole rings is 1. The molecule has 4 nitrogen and oxygen atoms in total. The van der Waals surface area contributed by atoms with Crippen molar-refractivity contribution in [2.45, 2.75) is 44.2 Å². The highest BCUT2D eigenvalue weighted by molar-refractivity contribution is 4.93. The van der Waals surface area contributed by atoms with Gasteiger partial charge in [-0.25, -0.2) is 4.98 Å². The summed E-state index contributed by atoms with van der Waals surface area (Å²) in [5.74, 6) is 1.15. The Balaban J connectivity index is 1.84. The second kappa shape index (κ2) is 6.17. The Morgan fingerprint density at radius 2 is 2.47 bits per heavy atom. The third-order valence-electron chi connectivity index (χ3n) is 3.63. The fourth-order valence-electron chi connectivity index (χ4n) is 2.52. The lowest BCUT2D eigenvalue weighted by Gasteiger charge is -2.30. The largest absolute Gasteiger partial charge is 0.377 e. The number of hydrogen-bond acceptors (Lipinski definition) is 3. The molecule has 0 amide bonds. The molecule has 96 valence electrons. The molecule has 0 radical (unpaired) electrons. The normalized spacial score (nSPS) is 22.6. The summed E-state index contributed by atoms with van der Waals surface area (Å²) in [4.78, 5) is 4.36. The van der Waals surface area contributed by atoms with Crippen LogP contribution >= 0.6 is 0 Å². The van der Waals surface area contributed by atoms with Crippen molar-refractivity contribution in [3.63, 3.8) is 0 Å². The number of hydrogen-bond donors (Lipinski definition) is 1. The Labute approximate surface area is 103 Å². The number of ether oxygens (including phenoxy) is 1. The highest BCUT2D eigenvalue weighted by Crippen LogP contribution is 2.18. The van der Waals surface area contributed by atoms with E-state index in [1.807, 2.05) is 26.5 Å². The third kappa shape index (κ3) is 3.30. The third-order valence-corrected chi connectivity index (χ3v) is 3.63. The van der Waals surface area contributed by atoms with Crippen molar-refractivity contribution in [1.29, 1.82) is 0 Å². The Bertz CT molecular complexity index is 331. The van der Waals surface area contributed by atoms with Gasteiger partial charge in [0.25, 0.3) is 0 Å². The van der Waals surface area contributed by atoms with Crippen molar-refractivity contribution in [3.05, 3.63) is 18.2 Å². The van der Waals surface area contributed by atoms with Gasteiger partial charge < -0.3 is 14.6 Å². The van der Waals surface area contributed by atoms with Crippen LogP contribution in [0.25, 0.3) is 0 Å². The van der Waals surface area contributed by atoms with Gasteiger partial charge in [0, 0.05) is 38.5 Å². The molecule has 1 saturated heterocycles. The van der Waals surface area contributed by atoms with E-state index in [1.54, 1.807) is 0 Å². The molecular weight excluding hydrogens is 214 g/mol. The zero-order valence-corrected chi connectivity index (χ0v) is 10.9. The quantitative estimate of drug-likeness (QED) is 0.843. The van der Waals surface area contributed by atoms with Crippen LogP contribution in [0.3, 0.4) is 0 Å². The molecule has 2 heterocycles. The first kappa shape index (κ1) is 12.6. The molecular formula is C13H23N3O. The Morgan fingerprint density at radius 3 is 3.06 bits per heavy atom. The molecule has 1 aromatic rings. The van der Waals surface area contributed by atoms with Gasteiger partial charge in [-0.15, -0.1) is 0 Å². The van der Waals surface area contributed by atoms with E-state index in [0.29, 0.717) is 12.1 Å². The summed E-state index contributed by atoms with van der Waals surface area (Å²) in [5.41, 5.74) is 0. The van der Waals surface area contributed by atoms with Crippen LogP contribution in [0.15, 0.2) is 12.4 Å².